The smallest absolute Gasteiger partial charge is 0.225 e. The Morgan fingerprint density at radius 1 is 1.39 bits per heavy atom. The van der Waals surface area contributed by atoms with Gasteiger partial charge >= 0.3 is 0 Å². The van der Waals surface area contributed by atoms with Gasteiger partial charge < -0.3 is 0 Å². The van der Waals surface area contributed by atoms with E-state index in [1.54, 1.807) is 34.9 Å². The summed E-state index contributed by atoms with van der Waals surface area (Å²) in [6, 6.07) is 5.24. The number of thioether (sulfide) groups is 1. The molecule has 6 heteroatoms. The van der Waals surface area contributed by atoms with Crippen LogP contribution in [0, 0.1) is 0 Å². The van der Waals surface area contributed by atoms with Crippen LogP contribution in [0.25, 0.3) is 0 Å². The van der Waals surface area contributed by atoms with Gasteiger partial charge in [0.1, 0.15) is 5.69 Å². The molecule has 1 aliphatic heterocycles. The first-order valence-electron chi connectivity index (χ1n) is 5.53. The third-order valence-electron chi connectivity index (χ3n) is 2.51. The van der Waals surface area contributed by atoms with Crippen molar-refractivity contribution in [1.29, 1.82) is 0 Å². The molecule has 0 spiro atoms. The minimum atomic E-state index is -0.0101. The molecule has 0 radical (unpaired) electrons. The number of amidine groups is 1. The normalized spacial score (nSPS) is 18.2. The van der Waals surface area contributed by atoms with E-state index in [1.165, 1.54) is 6.92 Å². The molecule has 1 amide bonds. The Labute approximate surface area is 120 Å². The molecule has 1 fully saturated rings. The highest BCUT2D eigenvalue weighted by Crippen LogP contribution is 2.34. The third kappa shape index (κ3) is 2.99. The molecule has 0 N–H and O–H groups in total. The Morgan fingerprint density at radius 2 is 2.06 bits per heavy atom. The summed E-state index contributed by atoms with van der Waals surface area (Å²) in [4.78, 5) is 17.6. The second-order valence-corrected chi connectivity index (χ2v) is 5.71. The first kappa shape index (κ1) is 13.7. The lowest BCUT2D eigenvalue weighted by Crippen LogP contribution is -2.37. The summed E-state index contributed by atoms with van der Waals surface area (Å²) >= 11 is 13.7. The predicted octanol–water partition coefficient (Wildman–Crippen LogP) is 3.97. The molecule has 96 valence electrons. The van der Waals surface area contributed by atoms with E-state index >= 15 is 0 Å². The van der Waals surface area contributed by atoms with Crippen molar-refractivity contribution in [3.8, 4) is 0 Å². The average molecular weight is 303 g/mol. The SMILES string of the molecule is CC(=O)N1CCCSC1=Nc1c(Cl)cccc1Cl. The Kier molecular flexibility index (Phi) is 4.54. The van der Waals surface area contributed by atoms with Gasteiger partial charge in [0.2, 0.25) is 5.91 Å². The van der Waals surface area contributed by atoms with Crippen LogP contribution < -0.4 is 0 Å². The average Bonchev–Trinajstić information content (AvgIpc) is 2.34. The fourth-order valence-electron chi connectivity index (χ4n) is 1.64. The second-order valence-electron chi connectivity index (χ2n) is 3.84. The first-order chi connectivity index (χ1) is 8.59. The van der Waals surface area contributed by atoms with Gasteiger partial charge in [0.05, 0.1) is 10.0 Å². The first-order valence-corrected chi connectivity index (χ1v) is 7.27. The molecular formula is C12H12Cl2N2OS. The lowest BCUT2D eigenvalue weighted by Gasteiger charge is -2.26. The summed E-state index contributed by atoms with van der Waals surface area (Å²) in [5.41, 5.74) is 0.525. The number of carbonyl (C=O) groups excluding carboxylic acids is 1. The third-order valence-corrected chi connectivity index (χ3v) is 4.19. The van der Waals surface area contributed by atoms with Crippen molar-refractivity contribution >= 4 is 51.7 Å². The van der Waals surface area contributed by atoms with Crippen molar-refractivity contribution in [1.82, 2.24) is 4.90 Å². The number of amides is 1. The van der Waals surface area contributed by atoms with Crippen molar-refractivity contribution in [2.24, 2.45) is 4.99 Å². The van der Waals surface area contributed by atoms with E-state index in [4.69, 9.17) is 23.2 Å². The van der Waals surface area contributed by atoms with Crippen molar-refractivity contribution in [2.45, 2.75) is 13.3 Å². The predicted molar refractivity (Wildman–Crippen MR) is 78.0 cm³/mol. The standard InChI is InChI=1S/C12H12Cl2N2OS/c1-8(17)16-6-3-7-18-12(16)15-11-9(13)4-2-5-10(11)14/h2,4-5H,3,6-7H2,1H3. The van der Waals surface area contributed by atoms with Crippen molar-refractivity contribution in [3.05, 3.63) is 28.2 Å². The van der Waals surface area contributed by atoms with Crippen LogP contribution in [0.15, 0.2) is 23.2 Å². The lowest BCUT2D eigenvalue weighted by atomic mass is 10.3. The second kappa shape index (κ2) is 5.95. The van der Waals surface area contributed by atoms with Gasteiger partial charge in [0.15, 0.2) is 5.17 Å². The number of benzene rings is 1. The molecule has 3 nitrogen and oxygen atoms in total. The van der Waals surface area contributed by atoms with Gasteiger partial charge in [0, 0.05) is 19.2 Å². The quantitative estimate of drug-likeness (QED) is 0.786. The number of nitrogens with zero attached hydrogens (tertiary/aromatic N) is 2. The minimum absolute atomic E-state index is 0.0101. The van der Waals surface area contributed by atoms with Gasteiger partial charge in [-0.15, -0.1) is 0 Å². The zero-order valence-corrected chi connectivity index (χ0v) is 12.1. The van der Waals surface area contributed by atoms with E-state index < -0.39 is 0 Å². The lowest BCUT2D eigenvalue weighted by molar-refractivity contribution is -0.125. The molecule has 0 saturated carbocycles. The molecule has 2 rings (SSSR count). The number of carbonyl (C=O) groups is 1. The molecule has 1 saturated heterocycles. The largest absolute Gasteiger partial charge is 0.292 e. The fraction of sp³-hybridized carbons (Fsp3) is 0.333. The van der Waals surface area contributed by atoms with Crippen LogP contribution in [0.3, 0.4) is 0 Å². The Bertz CT molecular complexity index is 485. The fourth-order valence-corrected chi connectivity index (χ4v) is 3.11. The highest BCUT2D eigenvalue weighted by Gasteiger charge is 2.21. The van der Waals surface area contributed by atoms with E-state index in [-0.39, 0.29) is 5.91 Å². The molecular weight excluding hydrogens is 291 g/mol. The molecule has 0 aromatic heterocycles. The molecule has 1 aliphatic rings. The van der Waals surface area contributed by atoms with Crippen LogP contribution in [0.5, 0.6) is 0 Å². The van der Waals surface area contributed by atoms with Crippen LogP contribution >= 0.6 is 35.0 Å². The Balaban J connectivity index is 2.38. The number of hydrogen-bond donors (Lipinski definition) is 0. The molecule has 18 heavy (non-hydrogen) atoms. The van der Waals surface area contributed by atoms with Crippen LogP contribution in [-0.2, 0) is 4.79 Å². The minimum Gasteiger partial charge on any atom is -0.292 e. The summed E-state index contributed by atoms with van der Waals surface area (Å²) in [6.45, 7) is 2.23. The maximum absolute atomic E-state index is 11.5. The van der Waals surface area contributed by atoms with E-state index in [0.717, 1.165) is 12.2 Å². The summed E-state index contributed by atoms with van der Waals surface area (Å²) in [7, 11) is 0. The molecule has 0 atom stereocenters. The number of para-hydroxylation sites is 1. The number of halogens is 2. The number of aliphatic imine (C=N–C) groups is 1. The highest BCUT2D eigenvalue weighted by molar-refractivity contribution is 8.13. The number of hydrogen-bond acceptors (Lipinski definition) is 3. The van der Waals surface area contributed by atoms with Gasteiger partial charge in [-0.05, 0) is 18.6 Å². The number of rotatable bonds is 1. The zero-order valence-electron chi connectivity index (χ0n) is 9.82. The zero-order chi connectivity index (χ0) is 13.1. The van der Waals surface area contributed by atoms with E-state index in [0.29, 0.717) is 27.4 Å². The van der Waals surface area contributed by atoms with E-state index in [1.807, 2.05) is 0 Å². The van der Waals surface area contributed by atoms with Gasteiger partial charge in [-0.3, -0.25) is 9.69 Å². The summed E-state index contributed by atoms with van der Waals surface area (Å²) in [5, 5.41) is 1.65. The Morgan fingerprint density at radius 3 is 2.67 bits per heavy atom. The van der Waals surface area contributed by atoms with Crippen molar-refractivity contribution < 1.29 is 4.79 Å². The molecule has 0 aliphatic carbocycles. The topological polar surface area (TPSA) is 32.7 Å². The van der Waals surface area contributed by atoms with Gasteiger partial charge in [-0.25, -0.2) is 4.99 Å². The highest BCUT2D eigenvalue weighted by atomic mass is 35.5. The molecule has 1 aromatic carbocycles. The van der Waals surface area contributed by atoms with Crippen molar-refractivity contribution in [3.63, 3.8) is 0 Å². The summed E-state index contributed by atoms with van der Waals surface area (Å²) in [5.74, 6) is 0.939. The van der Waals surface area contributed by atoms with Crippen LogP contribution in [0.1, 0.15) is 13.3 Å². The molecule has 0 unspecified atom stereocenters. The maximum Gasteiger partial charge on any atom is 0.225 e. The van der Waals surface area contributed by atoms with E-state index in [2.05, 4.69) is 4.99 Å². The summed E-state index contributed by atoms with van der Waals surface area (Å²) < 4.78 is 0. The van der Waals surface area contributed by atoms with Crippen molar-refractivity contribution in [2.75, 3.05) is 12.3 Å². The monoisotopic (exact) mass is 302 g/mol. The maximum atomic E-state index is 11.5. The Hall–Kier alpha value is -0.710. The van der Waals surface area contributed by atoms with Gasteiger partial charge in [-0.2, -0.15) is 0 Å². The summed E-state index contributed by atoms with van der Waals surface area (Å²) in [6.07, 6.45) is 0.972. The van der Waals surface area contributed by atoms with E-state index in [9.17, 15) is 4.79 Å². The van der Waals surface area contributed by atoms with Crippen LogP contribution in [-0.4, -0.2) is 28.3 Å². The van der Waals surface area contributed by atoms with Gasteiger partial charge in [-0.1, -0.05) is 41.0 Å². The van der Waals surface area contributed by atoms with Crippen LogP contribution in [0.4, 0.5) is 5.69 Å². The molecule has 0 bridgehead atoms. The van der Waals surface area contributed by atoms with Gasteiger partial charge in [0.25, 0.3) is 0 Å². The molecule has 1 aromatic rings. The van der Waals surface area contributed by atoms with Crippen LogP contribution in [0.2, 0.25) is 10.0 Å². The molecule has 1 heterocycles.